The molecule has 0 aromatic carbocycles. The Bertz CT molecular complexity index is 682. The Hall–Kier alpha value is -3.22. The van der Waals surface area contributed by atoms with E-state index in [9.17, 15) is 28.8 Å². The third kappa shape index (κ3) is 12.8. The molecule has 0 heterocycles. The molecule has 0 aromatic rings. The zero-order valence-electron chi connectivity index (χ0n) is 17.7. The Morgan fingerprint density at radius 1 is 0.839 bits per heavy atom. The molecule has 31 heavy (non-hydrogen) atoms. The number of carbonyl (C=O) groups is 6. The highest BCUT2D eigenvalue weighted by Gasteiger charge is 2.26. The molecule has 0 aliphatic rings. The van der Waals surface area contributed by atoms with Crippen LogP contribution in [0.15, 0.2) is 0 Å². The van der Waals surface area contributed by atoms with Gasteiger partial charge in [0.15, 0.2) is 0 Å². The fourth-order valence-corrected chi connectivity index (χ4v) is 2.49. The molecule has 0 aliphatic heterocycles. The van der Waals surface area contributed by atoms with E-state index in [0.29, 0.717) is 0 Å². The third-order valence-corrected chi connectivity index (χ3v) is 4.11. The van der Waals surface area contributed by atoms with Crippen molar-refractivity contribution in [3.63, 3.8) is 0 Å². The summed E-state index contributed by atoms with van der Waals surface area (Å²) in [7, 11) is 0. The van der Waals surface area contributed by atoms with Crippen molar-refractivity contribution in [2.75, 3.05) is 6.54 Å². The first-order chi connectivity index (χ1) is 14.3. The van der Waals surface area contributed by atoms with E-state index in [1.54, 1.807) is 0 Å². The number of carbonyl (C=O) groups excluding carboxylic acids is 5. The molecule has 10 N–H and O–H groups in total. The molecule has 13 heteroatoms. The highest BCUT2D eigenvalue weighted by atomic mass is 16.4. The Kier molecular flexibility index (Phi) is 12.5. The lowest BCUT2D eigenvalue weighted by Gasteiger charge is -2.22. The monoisotopic (exact) mass is 444 g/mol. The lowest BCUT2D eigenvalue weighted by Crippen LogP contribution is -2.54. The van der Waals surface area contributed by atoms with Gasteiger partial charge < -0.3 is 38.3 Å². The van der Waals surface area contributed by atoms with Crippen molar-refractivity contribution in [2.45, 2.75) is 64.1 Å². The van der Waals surface area contributed by atoms with E-state index in [1.807, 2.05) is 13.8 Å². The number of primary amides is 2. The summed E-state index contributed by atoms with van der Waals surface area (Å²) in [6.45, 7) is 3.10. The number of carboxylic acids is 1. The number of aliphatic carboxylic acids is 1. The van der Waals surface area contributed by atoms with Crippen LogP contribution in [0.25, 0.3) is 0 Å². The number of nitrogens with two attached hydrogens (primary N) is 3. The standard InChI is InChI=1S/C18H32N6O7/c1-9(2)7-12(24-16(28)10(19)3-5-13(20)25)17(29)22-8-15(27)23-11(18(30)31)4-6-14(21)26/h9-12H,3-8,19H2,1-2H3,(H2,20,25)(H2,21,26)(H,22,29)(H,23,27)(H,24,28)(H,30,31). The maximum Gasteiger partial charge on any atom is 0.326 e. The average molecular weight is 444 g/mol. The highest BCUT2D eigenvalue weighted by Crippen LogP contribution is 2.06. The van der Waals surface area contributed by atoms with Gasteiger partial charge in [0.25, 0.3) is 0 Å². The summed E-state index contributed by atoms with van der Waals surface area (Å²) >= 11 is 0. The summed E-state index contributed by atoms with van der Waals surface area (Å²) in [6, 6.07) is -3.38. The summed E-state index contributed by atoms with van der Waals surface area (Å²) in [4.78, 5) is 69.4. The fraction of sp³-hybridized carbons (Fsp3) is 0.667. The van der Waals surface area contributed by atoms with E-state index in [2.05, 4.69) is 16.0 Å². The molecule has 0 radical (unpaired) electrons. The zero-order valence-corrected chi connectivity index (χ0v) is 17.7. The molecular weight excluding hydrogens is 412 g/mol. The van der Waals surface area contributed by atoms with Gasteiger partial charge in [-0.1, -0.05) is 13.8 Å². The maximum absolute atomic E-state index is 12.4. The smallest absolute Gasteiger partial charge is 0.326 e. The van der Waals surface area contributed by atoms with Gasteiger partial charge in [-0.3, -0.25) is 24.0 Å². The molecule has 0 saturated heterocycles. The Labute approximate surface area is 179 Å². The van der Waals surface area contributed by atoms with Crippen molar-refractivity contribution < 1.29 is 33.9 Å². The molecule has 0 bridgehead atoms. The van der Waals surface area contributed by atoms with E-state index < -0.39 is 60.2 Å². The first-order valence-corrected chi connectivity index (χ1v) is 9.75. The normalized spacial score (nSPS) is 13.5. The van der Waals surface area contributed by atoms with Gasteiger partial charge in [0.1, 0.15) is 12.1 Å². The van der Waals surface area contributed by atoms with Crippen LogP contribution >= 0.6 is 0 Å². The zero-order chi connectivity index (χ0) is 24.1. The van der Waals surface area contributed by atoms with Crippen LogP contribution in [0.1, 0.15) is 46.0 Å². The van der Waals surface area contributed by atoms with Gasteiger partial charge in [0.05, 0.1) is 12.6 Å². The van der Waals surface area contributed by atoms with Crippen molar-refractivity contribution in [3.05, 3.63) is 0 Å². The van der Waals surface area contributed by atoms with Gasteiger partial charge in [-0.15, -0.1) is 0 Å². The minimum Gasteiger partial charge on any atom is -0.480 e. The quantitative estimate of drug-likeness (QED) is 0.137. The van der Waals surface area contributed by atoms with Gasteiger partial charge in [0.2, 0.25) is 29.5 Å². The van der Waals surface area contributed by atoms with Crippen LogP contribution in [0.3, 0.4) is 0 Å². The van der Waals surface area contributed by atoms with E-state index >= 15 is 0 Å². The van der Waals surface area contributed by atoms with Gasteiger partial charge in [-0.2, -0.15) is 0 Å². The fourth-order valence-electron chi connectivity index (χ4n) is 2.49. The second-order valence-corrected chi connectivity index (χ2v) is 7.48. The molecule has 176 valence electrons. The van der Waals surface area contributed by atoms with Crippen molar-refractivity contribution >= 4 is 35.5 Å². The van der Waals surface area contributed by atoms with Crippen molar-refractivity contribution in [2.24, 2.45) is 23.1 Å². The molecule has 3 atom stereocenters. The topological polar surface area (TPSA) is 237 Å². The first-order valence-electron chi connectivity index (χ1n) is 9.75. The average Bonchev–Trinajstić information content (AvgIpc) is 2.65. The summed E-state index contributed by atoms with van der Waals surface area (Å²) in [5, 5.41) is 16.1. The summed E-state index contributed by atoms with van der Waals surface area (Å²) in [6.07, 6.45) is -0.252. The van der Waals surface area contributed by atoms with Crippen molar-refractivity contribution in [1.29, 1.82) is 0 Å². The van der Waals surface area contributed by atoms with Crippen LogP contribution < -0.4 is 33.2 Å². The molecule has 5 amide bonds. The maximum atomic E-state index is 12.4. The summed E-state index contributed by atoms with van der Waals surface area (Å²) in [5.41, 5.74) is 15.7. The number of hydrogen-bond donors (Lipinski definition) is 7. The second kappa shape index (κ2) is 13.9. The molecule has 3 unspecified atom stereocenters. The Morgan fingerprint density at radius 2 is 1.39 bits per heavy atom. The van der Waals surface area contributed by atoms with Crippen molar-refractivity contribution in [3.8, 4) is 0 Å². The van der Waals surface area contributed by atoms with Crippen LogP contribution in [0, 0.1) is 5.92 Å². The van der Waals surface area contributed by atoms with Gasteiger partial charge >= 0.3 is 5.97 Å². The van der Waals surface area contributed by atoms with E-state index in [-0.39, 0.29) is 38.0 Å². The van der Waals surface area contributed by atoms with E-state index in [0.717, 1.165) is 0 Å². The molecular formula is C18H32N6O7. The molecule has 0 aromatic heterocycles. The number of nitrogens with one attached hydrogen (secondary N) is 3. The molecule has 0 fully saturated rings. The number of carboxylic acid groups (broad SMARTS) is 1. The van der Waals surface area contributed by atoms with Crippen LogP contribution in [0.2, 0.25) is 0 Å². The molecule has 0 saturated carbocycles. The number of amides is 5. The van der Waals surface area contributed by atoms with E-state index in [4.69, 9.17) is 22.3 Å². The van der Waals surface area contributed by atoms with Crippen LogP contribution in [-0.4, -0.2) is 65.3 Å². The summed E-state index contributed by atoms with van der Waals surface area (Å²) in [5.74, 6) is -4.77. The highest BCUT2D eigenvalue weighted by molar-refractivity contribution is 5.92. The molecule has 13 nitrogen and oxygen atoms in total. The SMILES string of the molecule is CC(C)CC(NC(=O)C(N)CCC(N)=O)C(=O)NCC(=O)NC(CCC(N)=O)C(=O)O. The lowest BCUT2D eigenvalue weighted by molar-refractivity contribution is -0.142. The van der Waals surface area contributed by atoms with Crippen molar-refractivity contribution in [1.82, 2.24) is 16.0 Å². The number of hydrogen-bond acceptors (Lipinski definition) is 7. The predicted octanol–water partition coefficient (Wildman–Crippen LogP) is -2.94. The predicted molar refractivity (Wildman–Crippen MR) is 109 cm³/mol. The van der Waals surface area contributed by atoms with Gasteiger partial charge in [-0.05, 0) is 25.2 Å². The molecule has 0 aliphatic carbocycles. The Morgan fingerprint density at radius 3 is 1.87 bits per heavy atom. The molecule has 0 rings (SSSR count). The van der Waals surface area contributed by atoms with Crippen LogP contribution in [0.4, 0.5) is 0 Å². The third-order valence-electron chi connectivity index (χ3n) is 4.11. The van der Waals surface area contributed by atoms with Gasteiger partial charge in [0, 0.05) is 12.8 Å². The number of rotatable bonds is 15. The van der Waals surface area contributed by atoms with Crippen LogP contribution in [-0.2, 0) is 28.8 Å². The van der Waals surface area contributed by atoms with Crippen LogP contribution in [0.5, 0.6) is 0 Å². The minimum absolute atomic E-state index is 0.0110. The molecule has 0 spiro atoms. The lowest BCUT2D eigenvalue weighted by atomic mass is 10.0. The minimum atomic E-state index is -1.35. The van der Waals surface area contributed by atoms with Gasteiger partial charge in [-0.25, -0.2) is 4.79 Å². The first kappa shape index (κ1) is 27.8. The van der Waals surface area contributed by atoms with E-state index in [1.165, 1.54) is 0 Å². The summed E-state index contributed by atoms with van der Waals surface area (Å²) < 4.78 is 0. The second-order valence-electron chi connectivity index (χ2n) is 7.48. The Balaban J connectivity index is 4.83. The largest absolute Gasteiger partial charge is 0.480 e.